The Morgan fingerprint density at radius 3 is 1.40 bits per heavy atom. The van der Waals surface area contributed by atoms with Crippen molar-refractivity contribution >= 4 is 10.1 Å². The van der Waals surface area contributed by atoms with Crippen molar-refractivity contribution < 1.29 is 46.4 Å². The van der Waals surface area contributed by atoms with Gasteiger partial charge in [-0.1, -0.05) is 0 Å². The summed E-state index contributed by atoms with van der Waals surface area (Å²) in [6.45, 7) is 0. The van der Waals surface area contributed by atoms with Crippen LogP contribution >= 0.6 is 0 Å². The molecule has 4 nitrogen and oxygen atoms in total. The fraction of sp³-hybridized carbons (Fsp3) is 1.00. The minimum absolute atomic E-state index is 0. The van der Waals surface area contributed by atoms with Gasteiger partial charge < -0.3 is 7.58 Å². The molecule has 4 N–H and O–H groups in total. The molecule has 10 heavy (non-hydrogen) atoms. The molecule has 0 rings (SSSR count). The van der Waals surface area contributed by atoms with E-state index in [0.29, 0.717) is 0 Å². The molecule has 0 heterocycles. The summed E-state index contributed by atoms with van der Waals surface area (Å²) < 4.78 is 57.5. The molecule has 0 aliphatic heterocycles. The third-order valence-corrected chi connectivity index (χ3v) is 0.877. The van der Waals surface area contributed by atoms with Gasteiger partial charge in [0.2, 0.25) is 0 Å². The van der Waals surface area contributed by atoms with Crippen molar-refractivity contribution in [3.63, 3.8) is 0 Å². The maximum Gasteiger partial charge on any atom is 1.00 e. The van der Waals surface area contributed by atoms with Crippen LogP contribution in [0.15, 0.2) is 0 Å². The molecule has 0 fully saturated rings. The zero-order chi connectivity index (χ0) is 7.00. The summed E-state index contributed by atoms with van der Waals surface area (Å²) in [5, 5.41) is 0. The molecule has 60 valence electrons. The van der Waals surface area contributed by atoms with E-state index in [1.54, 1.807) is 0 Å². The molecule has 0 aliphatic carbocycles. The van der Waals surface area contributed by atoms with E-state index in [9.17, 15) is 13.2 Å². The summed E-state index contributed by atoms with van der Waals surface area (Å²) in [6.07, 6.45) is 0. The van der Waals surface area contributed by atoms with Crippen LogP contribution in [0.2, 0.25) is 0 Å². The van der Waals surface area contributed by atoms with Gasteiger partial charge in [-0.25, -0.2) is 0 Å². The van der Waals surface area contributed by atoms with E-state index in [-0.39, 0.29) is 26.4 Å². The SMILES string of the molecule is N.O=S(=O)(O)C(F)(F)F.[H-].[Li+]. The van der Waals surface area contributed by atoms with Gasteiger partial charge in [0.15, 0.2) is 0 Å². The van der Waals surface area contributed by atoms with Crippen LogP contribution in [-0.2, 0) is 10.1 Å². The van der Waals surface area contributed by atoms with Crippen LogP contribution in [0.3, 0.4) is 0 Å². The number of hydrogen-bond acceptors (Lipinski definition) is 3. The van der Waals surface area contributed by atoms with Crippen molar-refractivity contribution in [3.05, 3.63) is 0 Å². The molecule has 0 saturated heterocycles. The van der Waals surface area contributed by atoms with Crippen LogP contribution in [0.4, 0.5) is 13.2 Å². The van der Waals surface area contributed by atoms with Gasteiger partial charge in [-0.05, 0) is 0 Å². The van der Waals surface area contributed by atoms with Crippen LogP contribution in [0.1, 0.15) is 1.43 Å². The third kappa shape index (κ3) is 5.07. The van der Waals surface area contributed by atoms with E-state index in [2.05, 4.69) is 0 Å². The van der Waals surface area contributed by atoms with Crippen molar-refractivity contribution in [1.29, 1.82) is 0 Å². The van der Waals surface area contributed by atoms with Crippen molar-refractivity contribution in [2.75, 3.05) is 0 Å². The molecule has 0 saturated carbocycles. The number of alkyl halides is 3. The predicted molar refractivity (Wildman–Crippen MR) is 23.7 cm³/mol. The van der Waals surface area contributed by atoms with Gasteiger partial charge >= 0.3 is 34.5 Å². The number of hydrogen-bond donors (Lipinski definition) is 2. The molecule has 0 aromatic heterocycles. The first kappa shape index (κ1) is 16.7. The Kier molecular flexibility index (Phi) is 7.01. The summed E-state index contributed by atoms with van der Waals surface area (Å²) in [7, 11) is -5.84. The largest absolute Gasteiger partial charge is 1.00 e. The first-order valence-electron chi connectivity index (χ1n) is 1.29. The Bertz CT molecular complexity index is 178. The normalized spacial score (nSPS) is 11.2. The Balaban J connectivity index is -0.0000000817. The maximum atomic E-state index is 10.7. The Morgan fingerprint density at radius 1 is 1.30 bits per heavy atom. The predicted octanol–water partition coefficient (Wildman–Crippen LogP) is -2.33. The Hall–Kier alpha value is 0.257. The maximum absolute atomic E-state index is 10.7. The average Bonchev–Trinajstić information content (AvgIpc) is 1.25. The van der Waals surface area contributed by atoms with Gasteiger partial charge in [-0.3, -0.25) is 4.55 Å². The van der Waals surface area contributed by atoms with Gasteiger partial charge in [0.05, 0.1) is 0 Å². The second kappa shape index (κ2) is 4.20. The molecular weight excluding hydrogens is 170 g/mol. The molecule has 0 radical (unpaired) electrons. The summed E-state index contributed by atoms with van der Waals surface area (Å²) in [4.78, 5) is 0. The summed E-state index contributed by atoms with van der Waals surface area (Å²) in [5.74, 6) is 0. The van der Waals surface area contributed by atoms with Crippen LogP contribution in [0, 0.1) is 0 Å². The minimum Gasteiger partial charge on any atom is -1.00 e. The van der Waals surface area contributed by atoms with E-state index in [1.807, 2.05) is 0 Å². The summed E-state index contributed by atoms with van der Waals surface area (Å²) in [6, 6.07) is 0. The first-order chi connectivity index (χ1) is 3.25. The smallest absolute Gasteiger partial charge is 1.00 e. The van der Waals surface area contributed by atoms with Crippen LogP contribution in [0.25, 0.3) is 0 Å². The minimum atomic E-state index is -5.84. The molecule has 0 spiro atoms. The number of rotatable bonds is 0. The van der Waals surface area contributed by atoms with Gasteiger partial charge in [-0.15, -0.1) is 0 Å². The van der Waals surface area contributed by atoms with Crippen LogP contribution in [-0.4, -0.2) is 18.5 Å². The second-order valence-corrected chi connectivity index (χ2v) is 2.33. The molecule has 0 amide bonds. The molecule has 0 aromatic rings. The van der Waals surface area contributed by atoms with E-state index in [0.717, 1.165) is 0 Å². The standard InChI is InChI=1S/CHF3O3S.Li.H3N.H/c2-1(3,4)8(5,6)7;;;/h(H,5,6,7);;1H3;/q;+1;;-1. The van der Waals surface area contributed by atoms with Gasteiger partial charge in [0, 0.05) is 0 Å². The molecule has 0 aromatic carbocycles. The quantitative estimate of drug-likeness (QED) is 0.245. The molecule has 0 atom stereocenters. The topological polar surface area (TPSA) is 89.4 Å². The van der Waals surface area contributed by atoms with Gasteiger partial charge in [0.1, 0.15) is 0 Å². The van der Waals surface area contributed by atoms with E-state index in [1.165, 1.54) is 0 Å². The Morgan fingerprint density at radius 2 is 1.40 bits per heavy atom. The van der Waals surface area contributed by atoms with E-state index in [4.69, 9.17) is 13.0 Å². The van der Waals surface area contributed by atoms with Crippen LogP contribution in [0.5, 0.6) is 0 Å². The molecular formula is CH5F3LiNO3S. The van der Waals surface area contributed by atoms with E-state index >= 15 is 0 Å². The van der Waals surface area contributed by atoms with Crippen molar-refractivity contribution in [3.8, 4) is 0 Å². The third-order valence-electron chi connectivity index (χ3n) is 0.292. The summed E-state index contributed by atoms with van der Waals surface area (Å²) >= 11 is 0. The zero-order valence-corrected chi connectivity index (χ0v) is 5.83. The summed E-state index contributed by atoms with van der Waals surface area (Å²) in [5.41, 5.74) is -5.53. The molecule has 0 unspecified atom stereocenters. The fourth-order valence-electron chi connectivity index (χ4n) is 0. The second-order valence-electron chi connectivity index (χ2n) is 0.921. The van der Waals surface area contributed by atoms with Crippen LogP contribution < -0.4 is 25.0 Å². The van der Waals surface area contributed by atoms with E-state index < -0.39 is 15.6 Å². The van der Waals surface area contributed by atoms with Crippen molar-refractivity contribution in [2.24, 2.45) is 0 Å². The zero-order valence-electron chi connectivity index (χ0n) is 6.01. The van der Waals surface area contributed by atoms with Crippen molar-refractivity contribution in [1.82, 2.24) is 6.15 Å². The average molecular weight is 175 g/mol. The molecule has 9 heteroatoms. The van der Waals surface area contributed by atoms with Crippen molar-refractivity contribution in [2.45, 2.75) is 5.51 Å². The van der Waals surface area contributed by atoms with Gasteiger partial charge in [-0.2, -0.15) is 21.6 Å². The van der Waals surface area contributed by atoms with Gasteiger partial charge in [0.25, 0.3) is 0 Å². The molecule has 0 bridgehead atoms. The monoisotopic (exact) mass is 175 g/mol. The number of halogens is 3. The molecule has 0 aliphatic rings. The first-order valence-corrected chi connectivity index (χ1v) is 2.73. The Labute approximate surface area is 68.8 Å². The fourth-order valence-corrected chi connectivity index (χ4v) is 0.